The molecule has 0 aromatic heterocycles. The zero-order valence-electron chi connectivity index (χ0n) is 22.4. The molecule has 0 unspecified atom stereocenters. The van der Waals surface area contributed by atoms with Crippen LogP contribution in [0.2, 0.25) is 0 Å². The van der Waals surface area contributed by atoms with Gasteiger partial charge in [0, 0.05) is 19.6 Å². The zero-order chi connectivity index (χ0) is 26.7. The van der Waals surface area contributed by atoms with Crippen molar-refractivity contribution in [3.05, 3.63) is 29.8 Å². The molecule has 10 heteroatoms. The second-order valence-electron chi connectivity index (χ2n) is 11.4. The van der Waals surface area contributed by atoms with E-state index < -0.39 is 48.1 Å². The lowest BCUT2D eigenvalue weighted by atomic mass is 9.78. The van der Waals surface area contributed by atoms with Gasteiger partial charge in [-0.15, -0.1) is 0 Å². The molecule has 0 saturated carbocycles. The van der Waals surface area contributed by atoms with Crippen molar-refractivity contribution in [2.45, 2.75) is 90.3 Å². The summed E-state index contributed by atoms with van der Waals surface area (Å²) in [5, 5.41) is 12.4. The number of benzene rings is 1. The minimum Gasteiger partial charge on any atom is -0.444 e. The SMILES string of the molecule is CC(C)(C)OC(=O)N1CCCO[C@H](C(=O)N[C@H](C#N)Cc2ccc(B3OC(C)(C)C(C)(C)O3)cc2)C1. The summed E-state index contributed by atoms with van der Waals surface area (Å²) in [6.07, 6.45) is -0.430. The maximum absolute atomic E-state index is 12.9. The molecule has 3 rings (SSSR count). The monoisotopic (exact) mass is 499 g/mol. The van der Waals surface area contributed by atoms with E-state index in [0.29, 0.717) is 26.0 Å². The van der Waals surface area contributed by atoms with E-state index in [1.54, 1.807) is 20.8 Å². The van der Waals surface area contributed by atoms with Gasteiger partial charge in [-0.3, -0.25) is 4.79 Å². The first kappa shape index (κ1) is 28.0. The molecule has 1 aromatic carbocycles. The molecule has 0 aliphatic carbocycles. The van der Waals surface area contributed by atoms with Crippen molar-refractivity contribution < 1.29 is 28.4 Å². The van der Waals surface area contributed by atoms with Crippen LogP contribution in [0.5, 0.6) is 0 Å². The highest BCUT2D eigenvalue weighted by Gasteiger charge is 2.51. The second-order valence-corrected chi connectivity index (χ2v) is 11.4. The summed E-state index contributed by atoms with van der Waals surface area (Å²) in [6, 6.07) is 9.05. The molecule has 1 aromatic rings. The van der Waals surface area contributed by atoms with Crippen molar-refractivity contribution >= 4 is 24.6 Å². The van der Waals surface area contributed by atoms with Crippen LogP contribution in [0.15, 0.2) is 24.3 Å². The average molecular weight is 499 g/mol. The summed E-state index contributed by atoms with van der Waals surface area (Å²) in [4.78, 5) is 26.9. The number of hydrogen-bond donors (Lipinski definition) is 1. The van der Waals surface area contributed by atoms with E-state index >= 15 is 0 Å². The van der Waals surface area contributed by atoms with Crippen molar-refractivity contribution in [1.82, 2.24) is 10.2 Å². The molecule has 2 saturated heterocycles. The first-order valence-corrected chi connectivity index (χ1v) is 12.4. The van der Waals surface area contributed by atoms with Crippen molar-refractivity contribution in [1.29, 1.82) is 5.26 Å². The fraction of sp³-hybridized carbons (Fsp3) is 0.654. The fourth-order valence-corrected chi connectivity index (χ4v) is 3.90. The van der Waals surface area contributed by atoms with Gasteiger partial charge in [0.25, 0.3) is 5.91 Å². The zero-order valence-corrected chi connectivity index (χ0v) is 22.4. The minimum atomic E-state index is -0.874. The van der Waals surface area contributed by atoms with E-state index in [-0.39, 0.29) is 6.54 Å². The predicted molar refractivity (Wildman–Crippen MR) is 136 cm³/mol. The molecule has 2 fully saturated rings. The molecule has 0 radical (unpaired) electrons. The van der Waals surface area contributed by atoms with Crippen molar-refractivity contribution in [3.63, 3.8) is 0 Å². The van der Waals surface area contributed by atoms with E-state index in [1.807, 2.05) is 52.0 Å². The van der Waals surface area contributed by atoms with E-state index in [2.05, 4.69) is 11.4 Å². The van der Waals surface area contributed by atoms with E-state index in [0.717, 1.165) is 11.0 Å². The molecule has 1 N–H and O–H groups in total. The molecule has 2 aliphatic rings. The van der Waals surface area contributed by atoms with Gasteiger partial charge < -0.3 is 29.0 Å². The van der Waals surface area contributed by atoms with Gasteiger partial charge in [0.15, 0.2) is 6.10 Å². The molecule has 0 spiro atoms. The first-order valence-electron chi connectivity index (χ1n) is 12.4. The van der Waals surface area contributed by atoms with Crippen LogP contribution >= 0.6 is 0 Å². The number of ether oxygens (including phenoxy) is 2. The molecule has 9 nitrogen and oxygen atoms in total. The highest BCUT2D eigenvalue weighted by molar-refractivity contribution is 6.62. The molecule has 36 heavy (non-hydrogen) atoms. The third-order valence-corrected chi connectivity index (χ3v) is 6.64. The smallest absolute Gasteiger partial charge is 0.444 e. The Labute approximate surface area is 214 Å². The summed E-state index contributed by atoms with van der Waals surface area (Å²) >= 11 is 0. The quantitative estimate of drug-likeness (QED) is 0.620. The van der Waals surface area contributed by atoms with E-state index in [1.165, 1.54) is 4.90 Å². The maximum Gasteiger partial charge on any atom is 0.494 e. The maximum atomic E-state index is 12.9. The van der Waals surface area contributed by atoms with Crippen LogP contribution < -0.4 is 10.8 Å². The summed E-state index contributed by atoms with van der Waals surface area (Å²) in [6.45, 7) is 14.3. The molecular formula is C26H38BN3O6. The van der Waals surface area contributed by atoms with Gasteiger partial charge in [0.05, 0.1) is 23.8 Å². The molecule has 0 bridgehead atoms. The lowest BCUT2D eigenvalue weighted by Gasteiger charge is -2.32. The third kappa shape index (κ3) is 6.99. The Bertz CT molecular complexity index is 967. The topological polar surface area (TPSA) is 110 Å². The van der Waals surface area contributed by atoms with Crippen LogP contribution in [0.4, 0.5) is 4.79 Å². The molecular weight excluding hydrogens is 461 g/mol. The Hall–Kier alpha value is -2.61. The average Bonchev–Trinajstić information content (AvgIpc) is 2.93. The Morgan fingerprint density at radius 3 is 2.36 bits per heavy atom. The van der Waals surface area contributed by atoms with Gasteiger partial charge in [-0.05, 0) is 65.9 Å². The highest BCUT2D eigenvalue weighted by Crippen LogP contribution is 2.36. The van der Waals surface area contributed by atoms with Crippen LogP contribution in [0.1, 0.15) is 60.5 Å². The number of nitriles is 1. The largest absolute Gasteiger partial charge is 0.494 e. The number of nitrogens with one attached hydrogen (secondary N) is 1. The minimum absolute atomic E-state index is 0.0711. The lowest BCUT2D eigenvalue weighted by molar-refractivity contribution is -0.133. The van der Waals surface area contributed by atoms with Gasteiger partial charge in [0.1, 0.15) is 11.6 Å². The lowest BCUT2D eigenvalue weighted by Crippen LogP contribution is -2.48. The van der Waals surface area contributed by atoms with Gasteiger partial charge in [-0.2, -0.15) is 5.26 Å². The second kappa shape index (κ2) is 10.8. The Morgan fingerprint density at radius 2 is 1.81 bits per heavy atom. The van der Waals surface area contributed by atoms with Crippen LogP contribution in [0.3, 0.4) is 0 Å². The Morgan fingerprint density at radius 1 is 1.19 bits per heavy atom. The standard InChI is InChI=1S/C26H38BN3O6/c1-24(2,3)34-23(32)30-13-8-14-33-21(17-30)22(31)29-20(16-28)15-18-9-11-19(12-10-18)27-35-25(4,5)26(6,7)36-27/h9-12,20-21H,8,13-15,17H2,1-7H3,(H,29,31)/t20-,21-/m0/s1. The number of rotatable bonds is 5. The van der Waals surface area contributed by atoms with Crippen LogP contribution in [-0.2, 0) is 30.0 Å². The van der Waals surface area contributed by atoms with Crippen LogP contribution in [0, 0.1) is 11.3 Å². The highest BCUT2D eigenvalue weighted by atomic mass is 16.7. The number of hydrogen-bond acceptors (Lipinski definition) is 7. The summed E-state index contributed by atoms with van der Waals surface area (Å²) in [7, 11) is -0.462. The molecule has 2 aliphatic heterocycles. The number of nitrogens with zero attached hydrogens (tertiary/aromatic N) is 2. The van der Waals surface area contributed by atoms with Gasteiger partial charge >= 0.3 is 13.2 Å². The van der Waals surface area contributed by atoms with Gasteiger partial charge in [0.2, 0.25) is 0 Å². The van der Waals surface area contributed by atoms with Crippen molar-refractivity contribution in [2.75, 3.05) is 19.7 Å². The van der Waals surface area contributed by atoms with Crippen molar-refractivity contribution in [2.24, 2.45) is 0 Å². The number of carbonyl (C=O) groups excluding carboxylic acids is 2. The van der Waals surface area contributed by atoms with Crippen LogP contribution in [-0.4, -0.2) is 72.7 Å². The fourth-order valence-electron chi connectivity index (χ4n) is 3.90. The summed E-state index contributed by atoms with van der Waals surface area (Å²) < 4.78 is 23.3. The molecule has 196 valence electrons. The van der Waals surface area contributed by atoms with Gasteiger partial charge in [-0.1, -0.05) is 24.3 Å². The van der Waals surface area contributed by atoms with Crippen molar-refractivity contribution in [3.8, 4) is 6.07 Å². The number of carbonyl (C=O) groups is 2. The third-order valence-electron chi connectivity index (χ3n) is 6.64. The Balaban J connectivity index is 1.58. The predicted octanol–water partition coefficient (Wildman–Crippen LogP) is 2.56. The summed E-state index contributed by atoms with van der Waals surface area (Å²) in [5.74, 6) is -0.425. The van der Waals surface area contributed by atoms with E-state index in [4.69, 9.17) is 18.8 Å². The summed E-state index contributed by atoms with van der Waals surface area (Å²) in [5.41, 5.74) is 0.298. The molecule has 2 heterocycles. The van der Waals surface area contributed by atoms with Gasteiger partial charge in [-0.25, -0.2) is 4.79 Å². The molecule has 2 atom stereocenters. The van der Waals surface area contributed by atoms with Crippen LogP contribution in [0.25, 0.3) is 0 Å². The molecule has 2 amide bonds. The normalized spacial score (nSPS) is 22.3. The number of amides is 2. The Kier molecular flexibility index (Phi) is 8.39. The first-order chi connectivity index (χ1) is 16.7. The van der Waals surface area contributed by atoms with E-state index in [9.17, 15) is 14.9 Å².